The van der Waals surface area contributed by atoms with Crippen LogP contribution in [0.25, 0.3) is 0 Å². The number of carbonyl (C=O) groups excluding carboxylic acids is 3. The number of para-hydroxylation sites is 1. The van der Waals surface area contributed by atoms with Gasteiger partial charge in [0.1, 0.15) is 6.04 Å². The number of carboxylic acids is 1. The molecule has 206 valence electrons. The van der Waals surface area contributed by atoms with Crippen LogP contribution < -0.4 is 20.9 Å². The molecule has 0 aliphatic rings. The highest BCUT2D eigenvalue weighted by atomic mass is 32.1. The number of likely N-dealkylation sites (N-methyl/N-ethyl adjacent to an activating group) is 1. The molecule has 11 heteroatoms. The SMILES string of the molecule is Cc1ccccc1NC(=O)Nc1ccc(CC(=O)N[C@@H](CC(C)C)C(=O)N(C)c2nc(CC(=O)O)cs2)cc1. The third kappa shape index (κ3) is 8.92. The van der Waals surface area contributed by atoms with Crippen LogP contribution in [0.4, 0.5) is 21.3 Å². The zero-order chi connectivity index (χ0) is 28.5. The molecule has 1 heterocycles. The first kappa shape index (κ1) is 29.3. The number of hydrogen-bond donors (Lipinski definition) is 4. The molecule has 10 nitrogen and oxygen atoms in total. The molecule has 0 spiro atoms. The Hall–Kier alpha value is -4.25. The van der Waals surface area contributed by atoms with E-state index < -0.39 is 12.0 Å². The van der Waals surface area contributed by atoms with Crippen molar-refractivity contribution in [2.24, 2.45) is 5.92 Å². The Bertz CT molecular complexity index is 1320. The second-order valence-corrected chi connectivity index (χ2v) is 10.4. The van der Waals surface area contributed by atoms with Crippen molar-refractivity contribution in [3.63, 3.8) is 0 Å². The van der Waals surface area contributed by atoms with Crippen LogP contribution in [-0.2, 0) is 27.2 Å². The first-order chi connectivity index (χ1) is 18.5. The minimum Gasteiger partial charge on any atom is -0.481 e. The summed E-state index contributed by atoms with van der Waals surface area (Å²) in [6.07, 6.45) is 0.263. The number of carboxylic acid groups (broad SMARTS) is 1. The van der Waals surface area contributed by atoms with Crippen LogP contribution in [0.2, 0.25) is 0 Å². The lowest BCUT2D eigenvalue weighted by Gasteiger charge is -2.24. The molecule has 1 aromatic heterocycles. The Kier molecular flexibility index (Phi) is 10.2. The Balaban J connectivity index is 1.58. The van der Waals surface area contributed by atoms with Crippen molar-refractivity contribution in [1.29, 1.82) is 0 Å². The van der Waals surface area contributed by atoms with Crippen molar-refractivity contribution >= 4 is 51.7 Å². The van der Waals surface area contributed by atoms with Crippen molar-refractivity contribution in [2.45, 2.75) is 46.1 Å². The monoisotopic (exact) mass is 551 g/mol. The number of benzene rings is 2. The van der Waals surface area contributed by atoms with Gasteiger partial charge in [0.05, 0.1) is 18.5 Å². The van der Waals surface area contributed by atoms with Crippen molar-refractivity contribution in [3.05, 3.63) is 70.7 Å². The van der Waals surface area contributed by atoms with Gasteiger partial charge in [0.15, 0.2) is 5.13 Å². The third-order valence-electron chi connectivity index (χ3n) is 5.80. The summed E-state index contributed by atoms with van der Waals surface area (Å²) in [6.45, 7) is 5.83. The average Bonchev–Trinajstić information content (AvgIpc) is 3.32. The molecule has 0 radical (unpaired) electrons. The molecule has 4 amide bonds. The highest BCUT2D eigenvalue weighted by Gasteiger charge is 2.27. The van der Waals surface area contributed by atoms with Gasteiger partial charge in [0.25, 0.3) is 5.91 Å². The second kappa shape index (κ2) is 13.5. The lowest BCUT2D eigenvalue weighted by Crippen LogP contribution is -2.48. The molecule has 39 heavy (non-hydrogen) atoms. The molecule has 0 aliphatic carbocycles. The van der Waals surface area contributed by atoms with E-state index in [1.165, 1.54) is 16.2 Å². The average molecular weight is 552 g/mol. The summed E-state index contributed by atoms with van der Waals surface area (Å²) in [5.74, 6) is -1.50. The van der Waals surface area contributed by atoms with E-state index in [9.17, 15) is 19.2 Å². The number of amides is 4. The lowest BCUT2D eigenvalue weighted by atomic mass is 10.0. The number of thiazole rings is 1. The van der Waals surface area contributed by atoms with E-state index in [4.69, 9.17) is 5.11 Å². The summed E-state index contributed by atoms with van der Waals surface area (Å²) in [5.41, 5.74) is 3.33. The number of hydrogen-bond acceptors (Lipinski definition) is 6. The van der Waals surface area contributed by atoms with Crippen LogP contribution in [0, 0.1) is 12.8 Å². The second-order valence-electron chi connectivity index (χ2n) is 9.61. The van der Waals surface area contributed by atoms with E-state index >= 15 is 0 Å². The summed E-state index contributed by atoms with van der Waals surface area (Å²) in [6, 6.07) is 13.2. The molecule has 0 fully saturated rings. The van der Waals surface area contributed by atoms with E-state index in [1.807, 2.05) is 45.0 Å². The summed E-state index contributed by atoms with van der Waals surface area (Å²) < 4.78 is 0. The van der Waals surface area contributed by atoms with E-state index in [0.717, 1.165) is 16.8 Å². The Morgan fingerprint density at radius 2 is 1.69 bits per heavy atom. The van der Waals surface area contributed by atoms with E-state index in [1.54, 1.807) is 36.7 Å². The fourth-order valence-electron chi connectivity index (χ4n) is 3.84. The quantitative estimate of drug-likeness (QED) is 0.277. The van der Waals surface area contributed by atoms with Gasteiger partial charge in [-0.1, -0.05) is 44.2 Å². The number of nitrogens with one attached hydrogen (secondary N) is 3. The molecule has 0 saturated heterocycles. The molecule has 0 aliphatic heterocycles. The molecular formula is C28H33N5O5S. The van der Waals surface area contributed by atoms with Gasteiger partial charge >= 0.3 is 12.0 Å². The van der Waals surface area contributed by atoms with Crippen LogP contribution in [0.1, 0.15) is 37.1 Å². The van der Waals surface area contributed by atoms with E-state index in [0.29, 0.717) is 22.9 Å². The minimum atomic E-state index is -1.000. The molecule has 0 saturated carbocycles. The number of rotatable bonds is 11. The highest BCUT2D eigenvalue weighted by molar-refractivity contribution is 7.14. The Morgan fingerprint density at radius 1 is 1.00 bits per heavy atom. The van der Waals surface area contributed by atoms with Crippen molar-refractivity contribution in [3.8, 4) is 0 Å². The predicted octanol–water partition coefficient (Wildman–Crippen LogP) is 4.46. The van der Waals surface area contributed by atoms with Crippen LogP contribution in [0.5, 0.6) is 0 Å². The van der Waals surface area contributed by atoms with Crippen molar-refractivity contribution < 1.29 is 24.3 Å². The molecule has 0 unspecified atom stereocenters. The maximum atomic E-state index is 13.2. The van der Waals surface area contributed by atoms with Crippen molar-refractivity contribution in [2.75, 3.05) is 22.6 Å². The zero-order valence-electron chi connectivity index (χ0n) is 22.4. The number of nitrogens with zero attached hydrogens (tertiary/aromatic N) is 2. The van der Waals surface area contributed by atoms with Crippen LogP contribution in [-0.4, -0.2) is 47.0 Å². The zero-order valence-corrected chi connectivity index (χ0v) is 23.2. The molecule has 1 atom stereocenters. The number of aliphatic carboxylic acids is 1. The van der Waals surface area contributed by atoms with Gasteiger partial charge in [-0.3, -0.25) is 19.3 Å². The largest absolute Gasteiger partial charge is 0.481 e. The maximum Gasteiger partial charge on any atom is 0.323 e. The van der Waals surface area contributed by atoms with Crippen LogP contribution in [0.15, 0.2) is 53.9 Å². The predicted molar refractivity (Wildman–Crippen MR) is 152 cm³/mol. The standard InChI is InChI=1S/C28H33N5O5S/c1-17(2)13-23(26(37)33(4)28-30-21(16-39-28)15-25(35)36)31-24(34)14-19-9-11-20(12-10-19)29-27(38)32-22-8-6-5-7-18(22)3/h5-12,16-17,23H,13-15H2,1-4H3,(H,31,34)(H,35,36)(H2,29,32,38)/t23-/m0/s1. The number of anilines is 3. The molecule has 0 bridgehead atoms. The fourth-order valence-corrected chi connectivity index (χ4v) is 4.64. The fraction of sp³-hybridized carbons (Fsp3) is 0.321. The molecular weight excluding hydrogens is 518 g/mol. The first-order valence-corrected chi connectivity index (χ1v) is 13.4. The summed E-state index contributed by atoms with van der Waals surface area (Å²) in [4.78, 5) is 54.9. The van der Waals surface area contributed by atoms with Gasteiger partial charge in [-0.15, -0.1) is 11.3 Å². The summed E-state index contributed by atoms with van der Waals surface area (Å²) in [7, 11) is 1.56. The molecule has 3 rings (SSSR count). The Labute approximate surface area is 231 Å². The summed E-state index contributed by atoms with van der Waals surface area (Å²) >= 11 is 1.18. The van der Waals surface area contributed by atoms with Gasteiger partial charge in [-0.25, -0.2) is 9.78 Å². The van der Waals surface area contributed by atoms with Gasteiger partial charge in [0.2, 0.25) is 5.91 Å². The Morgan fingerprint density at radius 3 is 2.33 bits per heavy atom. The van der Waals surface area contributed by atoms with Gasteiger partial charge < -0.3 is 21.1 Å². The number of aryl methyl sites for hydroxylation is 1. The van der Waals surface area contributed by atoms with Gasteiger partial charge in [0, 0.05) is 23.8 Å². The van der Waals surface area contributed by atoms with Gasteiger partial charge in [-0.05, 0) is 48.6 Å². The van der Waals surface area contributed by atoms with E-state index in [-0.39, 0.29) is 36.6 Å². The smallest absolute Gasteiger partial charge is 0.323 e. The normalized spacial score (nSPS) is 11.5. The number of urea groups is 1. The topological polar surface area (TPSA) is 141 Å². The molecule has 2 aromatic carbocycles. The third-order valence-corrected chi connectivity index (χ3v) is 6.77. The van der Waals surface area contributed by atoms with Crippen LogP contribution in [0.3, 0.4) is 0 Å². The van der Waals surface area contributed by atoms with Gasteiger partial charge in [-0.2, -0.15) is 0 Å². The molecule has 4 N–H and O–H groups in total. The lowest BCUT2D eigenvalue weighted by molar-refractivity contribution is -0.136. The number of carbonyl (C=O) groups is 4. The van der Waals surface area contributed by atoms with Crippen molar-refractivity contribution in [1.82, 2.24) is 10.3 Å². The number of aromatic nitrogens is 1. The highest BCUT2D eigenvalue weighted by Crippen LogP contribution is 2.22. The summed E-state index contributed by atoms with van der Waals surface area (Å²) in [5, 5.41) is 19.3. The first-order valence-electron chi connectivity index (χ1n) is 12.5. The molecule has 3 aromatic rings. The minimum absolute atomic E-state index is 0.0568. The maximum absolute atomic E-state index is 13.2. The van der Waals surface area contributed by atoms with Crippen LogP contribution >= 0.6 is 11.3 Å². The van der Waals surface area contributed by atoms with E-state index in [2.05, 4.69) is 20.9 Å².